The van der Waals surface area contributed by atoms with E-state index in [0.717, 1.165) is 0 Å². The number of ether oxygens (including phenoxy) is 2. The minimum Gasteiger partial charge on any atom is -0.508 e. The predicted molar refractivity (Wildman–Crippen MR) is 108 cm³/mol. The second kappa shape index (κ2) is 7.29. The van der Waals surface area contributed by atoms with Crippen LogP contribution in [0.5, 0.6) is 23.0 Å². The van der Waals surface area contributed by atoms with Gasteiger partial charge in [-0.05, 0) is 54.1 Å². The Hall–Kier alpha value is -3.44. The van der Waals surface area contributed by atoms with Crippen LogP contribution in [-0.4, -0.2) is 12.2 Å². The van der Waals surface area contributed by atoms with Crippen molar-refractivity contribution in [1.29, 1.82) is 0 Å². The van der Waals surface area contributed by atoms with E-state index in [-0.39, 0.29) is 11.5 Å². The molecule has 0 radical (unpaired) electrons. The SMILES string of the molecule is COc1ccc2c(-c3ccc(O)cc3)c(Oc3ccc(Cl)cc3)c(=O)oc2c1. The van der Waals surface area contributed by atoms with Gasteiger partial charge in [0.25, 0.3) is 0 Å². The van der Waals surface area contributed by atoms with Crippen molar-refractivity contribution < 1.29 is 19.0 Å². The maximum atomic E-state index is 12.8. The zero-order chi connectivity index (χ0) is 19.7. The molecule has 4 aromatic rings. The van der Waals surface area contributed by atoms with Crippen LogP contribution in [0.15, 0.2) is 75.9 Å². The molecular formula is C22H15ClO5. The van der Waals surface area contributed by atoms with Gasteiger partial charge < -0.3 is 19.0 Å². The van der Waals surface area contributed by atoms with Crippen molar-refractivity contribution in [3.63, 3.8) is 0 Å². The first-order valence-corrected chi connectivity index (χ1v) is 8.80. The summed E-state index contributed by atoms with van der Waals surface area (Å²) in [5.74, 6) is 1.19. The van der Waals surface area contributed by atoms with Crippen molar-refractivity contribution in [1.82, 2.24) is 0 Å². The molecule has 0 aliphatic rings. The van der Waals surface area contributed by atoms with Gasteiger partial charge >= 0.3 is 5.63 Å². The number of aromatic hydroxyl groups is 1. The van der Waals surface area contributed by atoms with Crippen molar-refractivity contribution in [2.24, 2.45) is 0 Å². The summed E-state index contributed by atoms with van der Waals surface area (Å²) >= 11 is 5.92. The van der Waals surface area contributed by atoms with Gasteiger partial charge in [-0.25, -0.2) is 4.79 Å². The smallest absolute Gasteiger partial charge is 0.380 e. The molecule has 1 N–H and O–H groups in total. The number of hydrogen-bond acceptors (Lipinski definition) is 5. The van der Waals surface area contributed by atoms with Crippen LogP contribution >= 0.6 is 11.6 Å². The fourth-order valence-corrected chi connectivity index (χ4v) is 3.05. The maximum Gasteiger partial charge on any atom is 0.380 e. The molecule has 4 rings (SSSR count). The summed E-state index contributed by atoms with van der Waals surface area (Å²) < 4.78 is 16.6. The van der Waals surface area contributed by atoms with Gasteiger partial charge in [-0.15, -0.1) is 0 Å². The monoisotopic (exact) mass is 394 g/mol. The summed E-state index contributed by atoms with van der Waals surface area (Å²) in [6.07, 6.45) is 0. The standard InChI is InChI=1S/C22H15ClO5/c1-26-17-10-11-18-19(12-17)28-22(25)21(27-16-8-4-14(23)5-9-16)20(18)13-2-6-15(24)7-3-13/h2-12,24H,1H3. The largest absolute Gasteiger partial charge is 0.508 e. The molecule has 0 aliphatic carbocycles. The third-order valence-corrected chi connectivity index (χ3v) is 4.51. The first-order chi connectivity index (χ1) is 13.5. The number of halogens is 1. The number of phenolic OH excluding ortho intramolecular Hbond substituents is 1. The van der Waals surface area contributed by atoms with Crippen molar-refractivity contribution in [3.8, 4) is 34.1 Å². The Labute approximate surface area is 165 Å². The first kappa shape index (κ1) is 17.9. The maximum absolute atomic E-state index is 12.8. The molecule has 0 bridgehead atoms. The van der Waals surface area contributed by atoms with Gasteiger partial charge in [0.15, 0.2) is 0 Å². The molecule has 1 heterocycles. The van der Waals surface area contributed by atoms with Gasteiger partial charge in [-0.1, -0.05) is 23.7 Å². The van der Waals surface area contributed by atoms with E-state index in [1.807, 2.05) is 0 Å². The molecule has 140 valence electrons. The number of methoxy groups -OCH3 is 1. The minimum atomic E-state index is -0.626. The average molecular weight is 395 g/mol. The van der Waals surface area contributed by atoms with Gasteiger partial charge in [-0.3, -0.25) is 0 Å². The van der Waals surface area contributed by atoms with Crippen molar-refractivity contribution in [3.05, 3.63) is 82.2 Å². The van der Waals surface area contributed by atoms with E-state index >= 15 is 0 Å². The van der Waals surface area contributed by atoms with E-state index in [9.17, 15) is 9.90 Å². The molecule has 0 fully saturated rings. The van der Waals surface area contributed by atoms with Gasteiger partial charge in [0.1, 0.15) is 22.8 Å². The Morgan fingerprint density at radius 3 is 2.29 bits per heavy atom. The molecule has 5 nitrogen and oxygen atoms in total. The molecule has 0 saturated carbocycles. The average Bonchev–Trinajstić information content (AvgIpc) is 2.70. The lowest BCUT2D eigenvalue weighted by atomic mass is 10.0. The summed E-state index contributed by atoms with van der Waals surface area (Å²) in [6, 6.07) is 18.4. The first-order valence-electron chi connectivity index (χ1n) is 8.43. The van der Waals surface area contributed by atoms with Crippen LogP contribution in [-0.2, 0) is 0 Å². The Morgan fingerprint density at radius 1 is 0.929 bits per heavy atom. The van der Waals surface area contributed by atoms with E-state index in [1.54, 1.807) is 66.7 Å². The highest BCUT2D eigenvalue weighted by Crippen LogP contribution is 2.38. The fraction of sp³-hybridized carbons (Fsp3) is 0.0455. The molecule has 0 unspecified atom stereocenters. The second-order valence-corrected chi connectivity index (χ2v) is 6.50. The molecule has 0 amide bonds. The third-order valence-electron chi connectivity index (χ3n) is 4.26. The fourth-order valence-electron chi connectivity index (χ4n) is 2.92. The Kier molecular flexibility index (Phi) is 4.67. The van der Waals surface area contributed by atoms with Crippen LogP contribution in [0.3, 0.4) is 0 Å². The molecule has 28 heavy (non-hydrogen) atoms. The lowest BCUT2D eigenvalue weighted by molar-refractivity contribution is 0.412. The van der Waals surface area contributed by atoms with E-state index in [1.165, 1.54) is 7.11 Å². The molecule has 3 aromatic carbocycles. The third kappa shape index (κ3) is 3.40. The summed E-state index contributed by atoms with van der Waals surface area (Å²) in [5, 5.41) is 10.9. The van der Waals surface area contributed by atoms with E-state index in [4.69, 9.17) is 25.5 Å². The molecular weight excluding hydrogens is 380 g/mol. The van der Waals surface area contributed by atoms with Crippen LogP contribution in [0.4, 0.5) is 0 Å². The zero-order valence-electron chi connectivity index (χ0n) is 14.8. The quantitative estimate of drug-likeness (QED) is 0.455. The van der Waals surface area contributed by atoms with Crippen LogP contribution in [0.25, 0.3) is 22.1 Å². The Balaban J connectivity index is 1.97. The number of phenols is 1. The van der Waals surface area contributed by atoms with E-state index in [2.05, 4.69) is 0 Å². The number of hydrogen-bond donors (Lipinski definition) is 1. The highest BCUT2D eigenvalue weighted by Gasteiger charge is 2.19. The van der Waals surface area contributed by atoms with Gasteiger partial charge in [0.05, 0.1) is 7.11 Å². The lowest BCUT2D eigenvalue weighted by Crippen LogP contribution is -2.06. The molecule has 0 spiro atoms. The Bertz CT molecular complexity index is 1190. The molecule has 0 atom stereocenters. The van der Waals surface area contributed by atoms with Crippen LogP contribution < -0.4 is 15.1 Å². The van der Waals surface area contributed by atoms with Crippen molar-refractivity contribution in [2.45, 2.75) is 0 Å². The van der Waals surface area contributed by atoms with Crippen LogP contribution in [0.2, 0.25) is 5.02 Å². The van der Waals surface area contributed by atoms with Gasteiger partial charge in [-0.2, -0.15) is 0 Å². The highest BCUT2D eigenvalue weighted by molar-refractivity contribution is 6.30. The van der Waals surface area contributed by atoms with Crippen molar-refractivity contribution >= 4 is 22.6 Å². The molecule has 1 aromatic heterocycles. The number of fused-ring (bicyclic) bond motifs is 1. The second-order valence-electron chi connectivity index (χ2n) is 6.06. The zero-order valence-corrected chi connectivity index (χ0v) is 15.6. The van der Waals surface area contributed by atoms with E-state index < -0.39 is 5.63 Å². The van der Waals surface area contributed by atoms with E-state index in [0.29, 0.717) is 38.6 Å². The highest BCUT2D eigenvalue weighted by atomic mass is 35.5. The molecule has 6 heteroatoms. The normalized spacial score (nSPS) is 10.8. The Morgan fingerprint density at radius 2 is 1.61 bits per heavy atom. The summed E-state index contributed by atoms with van der Waals surface area (Å²) in [7, 11) is 1.54. The predicted octanol–water partition coefficient (Wildman–Crippen LogP) is 5.62. The van der Waals surface area contributed by atoms with Crippen LogP contribution in [0.1, 0.15) is 0 Å². The summed E-state index contributed by atoms with van der Waals surface area (Å²) in [6.45, 7) is 0. The summed E-state index contributed by atoms with van der Waals surface area (Å²) in [4.78, 5) is 12.8. The number of rotatable bonds is 4. The van der Waals surface area contributed by atoms with Gasteiger partial charge in [0.2, 0.25) is 5.75 Å². The lowest BCUT2D eigenvalue weighted by Gasteiger charge is -2.13. The number of benzene rings is 3. The van der Waals surface area contributed by atoms with Crippen LogP contribution in [0, 0.1) is 0 Å². The molecule has 0 aliphatic heterocycles. The van der Waals surface area contributed by atoms with Crippen molar-refractivity contribution in [2.75, 3.05) is 7.11 Å². The minimum absolute atomic E-state index is 0.0469. The molecule has 0 saturated heterocycles. The summed E-state index contributed by atoms with van der Waals surface area (Å²) in [5.41, 5.74) is 1.00. The van der Waals surface area contributed by atoms with Gasteiger partial charge in [0, 0.05) is 22.0 Å². The topological polar surface area (TPSA) is 68.9 Å².